The minimum absolute atomic E-state index is 0.383. The summed E-state index contributed by atoms with van der Waals surface area (Å²) in [4.78, 5) is 3.81. The maximum Gasteiger partial charge on any atom is 0.261 e. The maximum atomic E-state index is 7.37. The molecular formula is C12H14N2O. The first-order chi connectivity index (χ1) is 7.27. The topological polar surface area (TPSA) is 39.6 Å². The Morgan fingerprint density at radius 3 is 2.33 bits per heavy atom. The van der Waals surface area contributed by atoms with E-state index < -0.39 is 0 Å². The first kappa shape index (κ1) is 10.0. The second-order valence-corrected chi connectivity index (χ2v) is 3.88. The van der Waals surface area contributed by atoms with Crippen molar-refractivity contribution in [2.75, 3.05) is 18.9 Å². The van der Waals surface area contributed by atoms with Crippen LogP contribution in [0, 0.1) is 6.57 Å². The number of hydrogen-bond acceptors (Lipinski definition) is 2. The van der Waals surface area contributed by atoms with Gasteiger partial charge in [-0.25, -0.2) is 6.57 Å². The van der Waals surface area contributed by atoms with Crippen molar-refractivity contribution in [3.8, 4) is 0 Å². The van der Waals surface area contributed by atoms with Gasteiger partial charge in [0.2, 0.25) is 0 Å². The predicted octanol–water partition coefficient (Wildman–Crippen LogP) is 2.19. The monoisotopic (exact) mass is 202 g/mol. The molecule has 1 aliphatic rings. The average Bonchev–Trinajstić information content (AvgIpc) is 2.31. The van der Waals surface area contributed by atoms with E-state index in [4.69, 9.17) is 17.0 Å². The number of nitrogen functional groups attached to an aromatic ring is 1. The SMILES string of the molecule is [C-]#[N+]C1(c2ccc(N)cc2)CCOCC1. The molecule has 0 saturated carbocycles. The highest BCUT2D eigenvalue weighted by molar-refractivity contribution is 5.42. The Labute approximate surface area is 89.7 Å². The molecule has 0 radical (unpaired) electrons. The first-order valence-electron chi connectivity index (χ1n) is 5.09. The summed E-state index contributed by atoms with van der Waals surface area (Å²) in [6.45, 7) is 8.72. The molecule has 0 spiro atoms. The van der Waals surface area contributed by atoms with E-state index in [2.05, 4.69) is 4.85 Å². The summed E-state index contributed by atoms with van der Waals surface area (Å²) < 4.78 is 5.30. The van der Waals surface area contributed by atoms with Crippen LogP contribution in [0.2, 0.25) is 0 Å². The number of anilines is 1. The van der Waals surface area contributed by atoms with Crippen molar-refractivity contribution >= 4 is 5.69 Å². The van der Waals surface area contributed by atoms with E-state index in [1.54, 1.807) is 0 Å². The Morgan fingerprint density at radius 2 is 1.80 bits per heavy atom. The van der Waals surface area contributed by atoms with Crippen LogP contribution in [-0.4, -0.2) is 13.2 Å². The average molecular weight is 202 g/mol. The summed E-state index contributed by atoms with van der Waals surface area (Å²) in [5, 5.41) is 0. The summed E-state index contributed by atoms with van der Waals surface area (Å²) in [6.07, 6.45) is 1.56. The fourth-order valence-electron chi connectivity index (χ4n) is 1.97. The Balaban J connectivity index is 2.33. The van der Waals surface area contributed by atoms with Crippen molar-refractivity contribution in [3.63, 3.8) is 0 Å². The minimum Gasteiger partial charge on any atom is -0.399 e. The number of hydrogen-bond donors (Lipinski definition) is 1. The molecule has 1 heterocycles. The van der Waals surface area contributed by atoms with Crippen LogP contribution in [-0.2, 0) is 10.3 Å². The van der Waals surface area contributed by atoms with Gasteiger partial charge in [0, 0.05) is 11.3 Å². The van der Waals surface area contributed by atoms with Crippen molar-refractivity contribution < 1.29 is 4.74 Å². The minimum atomic E-state index is -0.383. The smallest absolute Gasteiger partial charge is 0.261 e. The second-order valence-electron chi connectivity index (χ2n) is 3.88. The van der Waals surface area contributed by atoms with Crippen molar-refractivity contribution in [3.05, 3.63) is 41.2 Å². The highest BCUT2D eigenvalue weighted by Crippen LogP contribution is 2.36. The first-order valence-corrected chi connectivity index (χ1v) is 5.09. The van der Waals surface area contributed by atoms with Crippen LogP contribution >= 0.6 is 0 Å². The molecule has 15 heavy (non-hydrogen) atoms. The van der Waals surface area contributed by atoms with Gasteiger partial charge in [-0.15, -0.1) is 0 Å². The van der Waals surface area contributed by atoms with Crippen molar-refractivity contribution in [2.24, 2.45) is 0 Å². The summed E-state index contributed by atoms with van der Waals surface area (Å²) in [5.41, 5.74) is 7.06. The van der Waals surface area contributed by atoms with Crippen LogP contribution in [0.15, 0.2) is 24.3 Å². The van der Waals surface area contributed by atoms with Crippen molar-refractivity contribution in [2.45, 2.75) is 18.4 Å². The summed E-state index contributed by atoms with van der Waals surface area (Å²) in [7, 11) is 0. The third-order valence-corrected chi connectivity index (χ3v) is 2.98. The number of benzene rings is 1. The largest absolute Gasteiger partial charge is 0.399 e. The van der Waals surface area contributed by atoms with Crippen LogP contribution in [0.3, 0.4) is 0 Å². The molecule has 1 aliphatic heterocycles. The van der Waals surface area contributed by atoms with Crippen LogP contribution in [0.1, 0.15) is 18.4 Å². The second kappa shape index (κ2) is 3.92. The van der Waals surface area contributed by atoms with Gasteiger partial charge in [0.1, 0.15) is 0 Å². The zero-order valence-corrected chi connectivity index (χ0v) is 8.57. The van der Waals surface area contributed by atoms with Gasteiger partial charge in [-0.05, 0) is 24.3 Å². The summed E-state index contributed by atoms with van der Waals surface area (Å²) in [6, 6.07) is 7.63. The molecule has 3 nitrogen and oxygen atoms in total. The predicted molar refractivity (Wildman–Crippen MR) is 59.2 cm³/mol. The quantitative estimate of drug-likeness (QED) is 0.560. The summed E-state index contributed by atoms with van der Waals surface area (Å²) in [5.74, 6) is 0. The highest BCUT2D eigenvalue weighted by atomic mass is 16.5. The molecule has 0 bridgehead atoms. The molecule has 1 fully saturated rings. The fourth-order valence-corrected chi connectivity index (χ4v) is 1.97. The van der Waals surface area contributed by atoms with Crippen LogP contribution in [0.4, 0.5) is 5.69 Å². The molecule has 78 valence electrons. The van der Waals surface area contributed by atoms with E-state index in [1.165, 1.54) is 0 Å². The molecule has 0 aromatic heterocycles. The zero-order chi connectivity index (χ0) is 10.7. The normalized spacial score (nSPS) is 19.4. The molecule has 0 atom stereocenters. The third-order valence-electron chi connectivity index (χ3n) is 2.98. The number of ether oxygens (including phenoxy) is 1. The number of nitrogens with two attached hydrogens (primary N) is 1. The van der Waals surface area contributed by atoms with E-state index in [-0.39, 0.29) is 5.54 Å². The lowest BCUT2D eigenvalue weighted by molar-refractivity contribution is 0.0646. The van der Waals surface area contributed by atoms with E-state index in [1.807, 2.05) is 24.3 Å². The van der Waals surface area contributed by atoms with E-state index >= 15 is 0 Å². The lowest BCUT2D eigenvalue weighted by Crippen LogP contribution is -2.30. The van der Waals surface area contributed by atoms with Gasteiger partial charge in [0.25, 0.3) is 5.54 Å². The van der Waals surface area contributed by atoms with Crippen LogP contribution in [0.25, 0.3) is 4.85 Å². The van der Waals surface area contributed by atoms with Gasteiger partial charge in [-0.2, -0.15) is 0 Å². The summed E-state index contributed by atoms with van der Waals surface area (Å²) >= 11 is 0. The maximum absolute atomic E-state index is 7.37. The third kappa shape index (κ3) is 1.81. The van der Waals surface area contributed by atoms with Gasteiger partial charge in [-0.3, -0.25) is 0 Å². The Hall–Kier alpha value is -1.53. The number of rotatable bonds is 1. The van der Waals surface area contributed by atoms with Gasteiger partial charge in [0.05, 0.1) is 26.1 Å². The Morgan fingerprint density at radius 1 is 1.20 bits per heavy atom. The van der Waals surface area contributed by atoms with Crippen molar-refractivity contribution in [1.82, 2.24) is 0 Å². The molecule has 2 N–H and O–H groups in total. The lowest BCUT2D eigenvalue weighted by atomic mass is 9.83. The molecule has 1 saturated heterocycles. The van der Waals surface area contributed by atoms with Gasteiger partial charge in [-0.1, -0.05) is 0 Å². The number of nitrogens with zero attached hydrogens (tertiary/aromatic N) is 1. The van der Waals surface area contributed by atoms with E-state index in [9.17, 15) is 0 Å². The molecule has 0 amide bonds. The Kier molecular flexibility index (Phi) is 2.61. The van der Waals surface area contributed by atoms with E-state index in [0.29, 0.717) is 13.2 Å². The molecule has 3 heteroatoms. The lowest BCUT2D eigenvalue weighted by Gasteiger charge is -2.26. The van der Waals surface area contributed by atoms with Crippen LogP contribution in [0.5, 0.6) is 0 Å². The molecule has 0 aliphatic carbocycles. The molecule has 1 aromatic carbocycles. The zero-order valence-electron chi connectivity index (χ0n) is 8.57. The van der Waals surface area contributed by atoms with Gasteiger partial charge in [0.15, 0.2) is 0 Å². The van der Waals surface area contributed by atoms with Gasteiger partial charge >= 0.3 is 0 Å². The van der Waals surface area contributed by atoms with E-state index in [0.717, 1.165) is 24.1 Å². The van der Waals surface area contributed by atoms with Gasteiger partial charge < -0.3 is 15.3 Å². The molecule has 0 unspecified atom stereocenters. The van der Waals surface area contributed by atoms with Crippen molar-refractivity contribution in [1.29, 1.82) is 0 Å². The van der Waals surface area contributed by atoms with Crippen LogP contribution < -0.4 is 5.73 Å². The fraction of sp³-hybridized carbons (Fsp3) is 0.417. The molecule has 2 rings (SSSR count). The highest BCUT2D eigenvalue weighted by Gasteiger charge is 2.40. The molecular weight excluding hydrogens is 188 g/mol. The standard InChI is InChI=1S/C12H14N2O/c1-14-12(6-8-15-9-7-12)10-2-4-11(13)5-3-10/h2-5H,6-9,13H2. The molecule has 1 aromatic rings. The Bertz CT molecular complexity index is 372.